The van der Waals surface area contributed by atoms with E-state index in [0.717, 1.165) is 35.3 Å². The van der Waals surface area contributed by atoms with Crippen LogP contribution in [-0.2, 0) is 22.4 Å². The molecule has 1 aliphatic rings. The molecule has 0 aliphatic heterocycles. The van der Waals surface area contributed by atoms with Crippen molar-refractivity contribution in [2.75, 3.05) is 11.9 Å². The number of ether oxygens (including phenoxy) is 1. The van der Waals surface area contributed by atoms with Crippen LogP contribution in [0.1, 0.15) is 72.0 Å². The molecule has 1 aromatic carbocycles. The highest BCUT2D eigenvalue weighted by molar-refractivity contribution is 7.17. The summed E-state index contributed by atoms with van der Waals surface area (Å²) in [7, 11) is 0. The van der Waals surface area contributed by atoms with E-state index in [-0.39, 0.29) is 12.2 Å². The number of nitrogens with zero attached hydrogens (tertiary/aromatic N) is 1. The summed E-state index contributed by atoms with van der Waals surface area (Å²) in [4.78, 5) is 26.6. The van der Waals surface area contributed by atoms with Gasteiger partial charge in [0.25, 0.3) is 5.91 Å². The van der Waals surface area contributed by atoms with E-state index in [9.17, 15) is 14.9 Å². The number of thiophene rings is 1. The Morgan fingerprint density at radius 2 is 2.03 bits per heavy atom. The standard InChI is InChI=1S/C25H28N2O3S/c1-5-30-25(29)22-20-11-6-16(4)12-21(20)31-24(22)27-23(28)19(14-26)13-17-7-9-18(10-8-17)15(2)3/h7-10,13,15-16H,5-6,11-12H2,1-4H3,(H,27,28). The van der Waals surface area contributed by atoms with Crippen LogP contribution in [0.15, 0.2) is 29.8 Å². The van der Waals surface area contributed by atoms with Gasteiger partial charge in [0, 0.05) is 4.88 Å². The molecule has 1 atom stereocenters. The number of nitrogens with one attached hydrogen (secondary N) is 1. The second kappa shape index (κ2) is 9.93. The number of anilines is 1. The molecule has 0 spiro atoms. The van der Waals surface area contributed by atoms with Gasteiger partial charge in [0.1, 0.15) is 16.6 Å². The number of carbonyl (C=O) groups is 2. The van der Waals surface area contributed by atoms with E-state index < -0.39 is 11.9 Å². The summed E-state index contributed by atoms with van der Waals surface area (Å²) in [6, 6.07) is 9.78. The fraction of sp³-hybridized carbons (Fsp3) is 0.400. The minimum absolute atomic E-state index is 0.00755. The highest BCUT2D eigenvalue weighted by Gasteiger charge is 2.29. The number of amides is 1. The normalized spacial score (nSPS) is 15.9. The van der Waals surface area contributed by atoms with Gasteiger partial charge in [-0.05, 0) is 60.8 Å². The SMILES string of the molecule is CCOC(=O)c1c(NC(=O)C(C#N)=Cc2ccc(C(C)C)cc2)sc2c1CCC(C)C2. The molecular weight excluding hydrogens is 408 g/mol. The fourth-order valence-corrected chi connectivity index (χ4v) is 5.11. The van der Waals surface area contributed by atoms with Gasteiger partial charge in [0.2, 0.25) is 0 Å². The molecule has 0 saturated heterocycles. The molecule has 6 heteroatoms. The first-order chi connectivity index (χ1) is 14.8. The Hall–Kier alpha value is -2.91. The van der Waals surface area contributed by atoms with Crippen molar-refractivity contribution in [1.82, 2.24) is 0 Å². The molecule has 0 bridgehead atoms. The van der Waals surface area contributed by atoms with Crippen molar-refractivity contribution < 1.29 is 14.3 Å². The first kappa shape index (κ1) is 22.8. The number of esters is 1. The Labute approximate surface area is 187 Å². The number of rotatable bonds is 6. The Bertz CT molecular complexity index is 1040. The zero-order chi connectivity index (χ0) is 22.5. The molecule has 31 heavy (non-hydrogen) atoms. The van der Waals surface area contributed by atoms with Gasteiger partial charge in [-0.25, -0.2) is 4.79 Å². The zero-order valence-corrected chi connectivity index (χ0v) is 19.3. The molecule has 162 valence electrons. The third-order valence-electron chi connectivity index (χ3n) is 5.50. The Morgan fingerprint density at radius 3 is 2.65 bits per heavy atom. The molecule has 1 aliphatic carbocycles. The van der Waals surface area contributed by atoms with E-state index in [4.69, 9.17) is 4.74 Å². The van der Waals surface area contributed by atoms with E-state index in [2.05, 4.69) is 26.1 Å². The van der Waals surface area contributed by atoms with E-state index in [0.29, 0.717) is 22.4 Å². The molecule has 1 aromatic heterocycles. The molecule has 5 nitrogen and oxygen atoms in total. The maximum atomic E-state index is 12.9. The molecular formula is C25H28N2O3S. The van der Waals surface area contributed by atoms with Gasteiger partial charge in [-0.3, -0.25) is 4.79 Å². The maximum Gasteiger partial charge on any atom is 0.341 e. The average molecular weight is 437 g/mol. The zero-order valence-electron chi connectivity index (χ0n) is 18.5. The predicted molar refractivity (Wildman–Crippen MR) is 124 cm³/mol. The third-order valence-corrected chi connectivity index (χ3v) is 6.67. The Balaban J connectivity index is 1.89. The van der Waals surface area contributed by atoms with Crippen LogP contribution >= 0.6 is 11.3 Å². The summed E-state index contributed by atoms with van der Waals surface area (Å²) in [5, 5.41) is 12.9. The molecule has 0 radical (unpaired) electrons. The van der Waals surface area contributed by atoms with Gasteiger partial charge in [0.15, 0.2) is 0 Å². The van der Waals surface area contributed by atoms with Gasteiger partial charge < -0.3 is 10.1 Å². The molecule has 0 saturated carbocycles. The minimum Gasteiger partial charge on any atom is -0.462 e. The lowest BCUT2D eigenvalue weighted by atomic mass is 9.88. The predicted octanol–water partition coefficient (Wildman–Crippen LogP) is 5.72. The summed E-state index contributed by atoms with van der Waals surface area (Å²) < 4.78 is 5.25. The van der Waals surface area contributed by atoms with Crippen molar-refractivity contribution in [3.05, 3.63) is 57.0 Å². The molecule has 2 aromatic rings. The largest absolute Gasteiger partial charge is 0.462 e. The van der Waals surface area contributed by atoms with Crippen LogP contribution in [0.3, 0.4) is 0 Å². The van der Waals surface area contributed by atoms with Crippen molar-refractivity contribution in [3.8, 4) is 6.07 Å². The van der Waals surface area contributed by atoms with Crippen LogP contribution in [0.2, 0.25) is 0 Å². The van der Waals surface area contributed by atoms with Crippen LogP contribution in [0.4, 0.5) is 5.00 Å². The number of carbonyl (C=O) groups excluding carboxylic acids is 2. The molecule has 1 amide bonds. The Morgan fingerprint density at radius 1 is 1.32 bits per heavy atom. The maximum absolute atomic E-state index is 12.9. The number of hydrogen-bond acceptors (Lipinski definition) is 5. The lowest BCUT2D eigenvalue weighted by molar-refractivity contribution is -0.112. The summed E-state index contributed by atoms with van der Waals surface area (Å²) in [6.07, 6.45) is 4.24. The van der Waals surface area contributed by atoms with Crippen LogP contribution in [0, 0.1) is 17.2 Å². The average Bonchev–Trinajstić information content (AvgIpc) is 3.09. The molecule has 1 unspecified atom stereocenters. The van der Waals surface area contributed by atoms with Gasteiger partial charge in [-0.2, -0.15) is 5.26 Å². The van der Waals surface area contributed by atoms with E-state index in [1.54, 1.807) is 13.0 Å². The highest BCUT2D eigenvalue weighted by Crippen LogP contribution is 2.40. The van der Waals surface area contributed by atoms with E-state index >= 15 is 0 Å². The van der Waals surface area contributed by atoms with Gasteiger partial charge in [0.05, 0.1) is 12.2 Å². The first-order valence-electron chi connectivity index (χ1n) is 10.7. The van der Waals surface area contributed by atoms with E-state index in [1.807, 2.05) is 30.3 Å². The fourth-order valence-electron chi connectivity index (χ4n) is 3.72. The molecule has 1 N–H and O–H groups in total. The topological polar surface area (TPSA) is 79.2 Å². The summed E-state index contributed by atoms with van der Waals surface area (Å²) in [6.45, 7) is 8.44. The van der Waals surface area contributed by atoms with Gasteiger partial charge >= 0.3 is 5.97 Å². The number of fused-ring (bicyclic) bond motifs is 1. The monoisotopic (exact) mass is 436 g/mol. The van der Waals surface area contributed by atoms with Crippen molar-refractivity contribution in [3.63, 3.8) is 0 Å². The number of nitriles is 1. The second-order valence-electron chi connectivity index (χ2n) is 8.22. The summed E-state index contributed by atoms with van der Waals surface area (Å²) >= 11 is 1.42. The Kier molecular flexibility index (Phi) is 7.29. The van der Waals surface area contributed by atoms with Crippen molar-refractivity contribution in [2.45, 2.75) is 52.9 Å². The third kappa shape index (κ3) is 5.23. The molecule has 0 fully saturated rings. The second-order valence-corrected chi connectivity index (χ2v) is 9.33. The number of hydrogen-bond donors (Lipinski definition) is 1. The van der Waals surface area contributed by atoms with Crippen LogP contribution < -0.4 is 5.32 Å². The van der Waals surface area contributed by atoms with Crippen molar-refractivity contribution >= 4 is 34.3 Å². The van der Waals surface area contributed by atoms with E-state index in [1.165, 1.54) is 16.9 Å². The van der Waals surface area contributed by atoms with Crippen LogP contribution in [-0.4, -0.2) is 18.5 Å². The van der Waals surface area contributed by atoms with Gasteiger partial charge in [-0.1, -0.05) is 45.0 Å². The lowest BCUT2D eigenvalue weighted by Gasteiger charge is -2.18. The summed E-state index contributed by atoms with van der Waals surface area (Å²) in [5.41, 5.74) is 3.38. The van der Waals surface area contributed by atoms with Crippen molar-refractivity contribution in [1.29, 1.82) is 5.26 Å². The number of benzene rings is 1. The first-order valence-corrected chi connectivity index (χ1v) is 11.5. The highest BCUT2D eigenvalue weighted by atomic mass is 32.1. The van der Waals surface area contributed by atoms with Crippen LogP contribution in [0.25, 0.3) is 6.08 Å². The molecule has 3 rings (SSSR count). The molecule has 1 heterocycles. The van der Waals surface area contributed by atoms with Crippen molar-refractivity contribution in [2.24, 2.45) is 5.92 Å². The van der Waals surface area contributed by atoms with Gasteiger partial charge in [-0.15, -0.1) is 11.3 Å². The summed E-state index contributed by atoms with van der Waals surface area (Å²) in [5.74, 6) is 0.00279. The minimum atomic E-state index is -0.521. The quantitative estimate of drug-likeness (QED) is 0.357. The smallest absolute Gasteiger partial charge is 0.341 e. The van der Waals surface area contributed by atoms with Crippen LogP contribution in [0.5, 0.6) is 0 Å². The lowest BCUT2D eigenvalue weighted by Crippen LogP contribution is -2.17.